The van der Waals surface area contributed by atoms with Crippen LogP contribution in [0.15, 0.2) is 73.1 Å². The number of carbonyl (C=O) groups excluding carboxylic acids is 4. The Morgan fingerprint density at radius 1 is 0.905 bits per heavy atom. The van der Waals surface area contributed by atoms with E-state index in [4.69, 9.17) is 0 Å². The molecule has 3 fully saturated rings. The van der Waals surface area contributed by atoms with Crippen molar-refractivity contribution >= 4 is 56.1 Å². The summed E-state index contributed by atoms with van der Waals surface area (Å²) in [5.41, 5.74) is 3.97. The number of nitrogens with zero attached hydrogens (tertiary/aromatic N) is 5. The summed E-state index contributed by atoms with van der Waals surface area (Å²) in [4.78, 5) is 64.5. The number of halogens is 3. The number of alkyl halides is 1. The molecule has 0 saturated carbocycles. The maximum absolute atomic E-state index is 15.7. The summed E-state index contributed by atoms with van der Waals surface area (Å²) in [5, 5.41) is 2.68. The van der Waals surface area contributed by atoms with Crippen molar-refractivity contribution < 1.29 is 40.8 Å². The van der Waals surface area contributed by atoms with Gasteiger partial charge in [0.2, 0.25) is 17.6 Å². The fraction of sp³-hybridized carbons (Fsp3) is 0.356. The predicted octanol–water partition coefficient (Wildman–Crippen LogP) is 5.35. The monoisotopic (exact) mass is 882 g/mol. The minimum Gasteiger partial charge on any atom is -0.369 e. The molecule has 0 bridgehead atoms. The number of benzene rings is 3. The largest absolute Gasteiger partial charge is 0.369 e. The molecular weight excluding hydrogens is 838 g/mol. The highest BCUT2D eigenvalue weighted by atomic mass is 32.2. The summed E-state index contributed by atoms with van der Waals surface area (Å²) in [7, 11) is -4.35. The van der Waals surface area contributed by atoms with Crippen molar-refractivity contribution in [3.8, 4) is 11.1 Å². The Bertz CT molecular complexity index is 2740. The number of ketones is 1. The van der Waals surface area contributed by atoms with Crippen LogP contribution < -0.4 is 14.9 Å². The van der Waals surface area contributed by atoms with Crippen LogP contribution in [0.25, 0.3) is 22.2 Å². The van der Waals surface area contributed by atoms with Crippen LogP contribution in [0.5, 0.6) is 0 Å². The molecule has 1 unspecified atom stereocenters. The number of H-pyrrole nitrogens is 1. The molecular formula is C45H45F3N8O6S. The Morgan fingerprint density at radius 3 is 2.44 bits per heavy atom. The van der Waals surface area contributed by atoms with Crippen molar-refractivity contribution in [3.63, 3.8) is 0 Å². The minimum absolute atomic E-state index is 0.00352. The lowest BCUT2D eigenvalue weighted by Crippen LogP contribution is -2.52. The van der Waals surface area contributed by atoms with E-state index in [0.29, 0.717) is 35.1 Å². The van der Waals surface area contributed by atoms with Crippen molar-refractivity contribution in [2.75, 3.05) is 55.4 Å². The molecule has 0 aliphatic carbocycles. The molecule has 328 valence electrons. The van der Waals surface area contributed by atoms with Crippen LogP contribution in [-0.4, -0.2) is 114 Å². The van der Waals surface area contributed by atoms with E-state index in [0.717, 1.165) is 90.8 Å². The molecule has 3 amide bonds. The number of pyridine rings is 1. The van der Waals surface area contributed by atoms with Crippen molar-refractivity contribution in [3.05, 3.63) is 113 Å². The first kappa shape index (κ1) is 42.2. The van der Waals surface area contributed by atoms with Crippen LogP contribution in [0, 0.1) is 11.6 Å². The number of rotatable bonds is 13. The topological polar surface area (TPSA) is 168 Å². The Kier molecular flexibility index (Phi) is 11.5. The molecule has 14 nitrogen and oxygen atoms in total. The van der Waals surface area contributed by atoms with Crippen molar-refractivity contribution in [2.24, 2.45) is 0 Å². The molecule has 3 saturated heterocycles. The van der Waals surface area contributed by atoms with E-state index in [-0.39, 0.29) is 43.3 Å². The van der Waals surface area contributed by atoms with E-state index < -0.39 is 57.0 Å². The van der Waals surface area contributed by atoms with Gasteiger partial charge >= 0.3 is 10.2 Å². The van der Waals surface area contributed by atoms with Crippen LogP contribution in [0.2, 0.25) is 0 Å². The molecule has 3 N–H and O–H groups in total. The zero-order valence-corrected chi connectivity index (χ0v) is 35.0. The second kappa shape index (κ2) is 17.2. The van der Waals surface area contributed by atoms with Gasteiger partial charge in [0.15, 0.2) is 5.82 Å². The van der Waals surface area contributed by atoms with Crippen LogP contribution in [0.3, 0.4) is 0 Å². The highest BCUT2D eigenvalue weighted by molar-refractivity contribution is 7.90. The van der Waals surface area contributed by atoms with Crippen molar-refractivity contribution in [1.82, 2.24) is 29.4 Å². The van der Waals surface area contributed by atoms with Gasteiger partial charge in [-0.1, -0.05) is 24.3 Å². The van der Waals surface area contributed by atoms with Gasteiger partial charge in [0, 0.05) is 92.4 Å². The lowest BCUT2D eigenvalue weighted by molar-refractivity contribution is -0.136. The number of amides is 3. The van der Waals surface area contributed by atoms with Gasteiger partial charge in [-0.15, -0.1) is 0 Å². The standard InChI is InChI=1S/C45H45F3N8O6S/c46-31-14-16-55(26-31)63(61,62)52-37-11-10-36(47)40(41(37)48)42(58)35-24-50-43-34(35)22-29(23-49-43)28-6-4-27(5-7-28)3-1-2-15-53-17-19-54(20-18-53)32-8-9-33-30(21-32)25-56(45(33)60)38-12-13-39(57)51-44(38)59/h4-11,21-24,31,38,52H,1-3,12-20,25-26H2,(H,49,50)(H,51,57,59)/t31-,38?/m1/s1. The summed E-state index contributed by atoms with van der Waals surface area (Å²) in [5.74, 6) is -4.44. The first-order valence-electron chi connectivity index (χ1n) is 21.1. The highest BCUT2D eigenvalue weighted by Crippen LogP contribution is 2.33. The van der Waals surface area contributed by atoms with E-state index in [9.17, 15) is 32.0 Å². The summed E-state index contributed by atoms with van der Waals surface area (Å²) >= 11 is 0. The summed E-state index contributed by atoms with van der Waals surface area (Å²) in [6.07, 6.45) is 5.08. The summed E-state index contributed by atoms with van der Waals surface area (Å²) in [6, 6.07) is 16.7. The Hall–Kier alpha value is -6.11. The van der Waals surface area contributed by atoms with Crippen molar-refractivity contribution in [2.45, 2.75) is 57.3 Å². The Morgan fingerprint density at radius 2 is 1.70 bits per heavy atom. The molecule has 4 aliphatic rings. The predicted molar refractivity (Wildman–Crippen MR) is 229 cm³/mol. The lowest BCUT2D eigenvalue weighted by Gasteiger charge is -2.36. The van der Waals surface area contributed by atoms with E-state index in [2.05, 4.69) is 31.2 Å². The number of anilines is 2. The second-order valence-corrected chi connectivity index (χ2v) is 18.2. The minimum atomic E-state index is -4.35. The number of piperidine rings is 1. The molecule has 2 aromatic heterocycles. The van der Waals surface area contributed by atoms with Crippen molar-refractivity contribution in [1.29, 1.82) is 0 Å². The van der Waals surface area contributed by atoms with E-state index >= 15 is 8.78 Å². The normalized spacial score (nSPS) is 19.8. The number of aromatic nitrogens is 2. The third-order valence-electron chi connectivity index (χ3n) is 12.5. The number of carbonyl (C=O) groups is 4. The number of imide groups is 1. The average Bonchev–Trinajstić information content (AvgIpc) is 4.00. The Balaban J connectivity index is 0.769. The van der Waals surface area contributed by atoms with E-state index in [1.165, 1.54) is 6.20 Å². The van der Waals surface area contributed by atoms with Gasteiger partial charge in [-0.25, -0.2) is 18.2 Å². The van der Waals surface area contributed by atoms with E-state index in [1.54, 1.807) is 17.2 Å². The third kappa shape index (κ3) is 8.54. The molecule has 0 radical (unpaired) electrons. The second-order valence-electron chi connectivity index (χ2n) is 16.5. The van der Waals surface area contributed by atoms with Gasteiger partial charge in [0.25, 0.3) is 5.91 Å². The molecule has 9 rings (SSSR count). The highest BCUT2D eigenvalue weighted by Gasteiger charge is 2.39. The van der Waals surface area contributed by atoms with Crippen LogP contribution >= 0.6 is 0 Å². The maximum atomic E-state index is 15.7. The fourth-order valence-corrected chi connectivity index (χ4v) is 10.2. The number of nitrogens with one attached hydrogen (secondary N) is 3. The zero-order chi connectivity index (χ0) is 44.0. The van der Waals surface area contributed by atoms with Gasteiger partial charge < -0.3 is 14.8 Å². The van der Waals surface area contributed by atoms with Gasteiger partial charge in [0.1, 0.15) is 23.7 Å². The molecule has 2 atom stereocenters. The average molecular weight is 883 g/mol. The molecule has 4 aliphatic heterocycles. The number of piperazine rings is 1. The SMILES string of the molecule is O=C1CCC(N2Cc3cc(N4CCN(CCCCc5ccc(-c6cnc7[nH]cc(C(=O)c8c(F)ccc(NS(=O)(=O)N9CC[C@@H](F)C9)c8F)c7c6)cc5)CC4)ccc3C2=O)C(=O)N1. The number of hydrogen-bond acceptors (Lipinski definition) is 9. The molecule has 5 aromatic rings. The molecule has 18 heteroatoms. The third-order valence-corrected chi connectivity index (χ3v) is 14.0. The number of aromatic amines is 1. The Labute approximate surface area is 361 Å². The quantitative estimate of drug-likeness (QED) is 0.0803. The van der Waals surface area contributed by atoms with E-state index in [1.807, 2.05) is 41.1 Å². The van der Waals surface area contributed by atoms with Gasteiger partial charge in [0.05, 0.1) is 11.3 Å². The molecule has 0 spiro atoms. The first-order chi connectivity index (χ1) is 30.3. The zero-order valence-electron chi connectivity index (χ0n) is 34.2. The maximum Gasteiger partial charge on any atom is 0.301 e. The smallest absolute Gasteiger partial charge is 0.301 e. The lowest BCUT2D eigenvalue weighted by atomic mass is 9.99. The summed E-state index contributed by atoms with van der Waals surface area (Å²) in [6.45, 7) is 4.40. The molecule has 6 heterocycles. The van der Waals surface area contributed by atoms with Gasteiger partial charge in [-0.2, -0.15) is 12.7 Å². The number of aryl methyl sites for hydroxylation is 1. The fourth-order valence-electron chi connectivity index (χ4n) is 8.95. The number of hydrogen-bond donors (Lipinski definition) is 3. The van der Waals surface area contributed by atoms with Crippen LogP contribution in [0.1, 0.15) is 69.5 Å². The molecule has 63 heavy (non-hydrogen) atoms. The molecule has 3 aromatic carbocycles. The number of fused-ring (bicyclic) bond motifs is 2. The van der Waals surface area contributed by atoms with Gasteiger partial charge in [-0.05, 0) is 91.7 Å². The van der Waals surface area contributed by atoms with Crippen LogP contribution in [0.4, 0.5) is 24.5 Å². The van der Waals surface area contributed by atoms with Gasteiger partial charge in [-0.3, -0.25) is 34.1 Å². The number of unbranched alkanes of at least 4 members (excludes halogenated alkanes) is 1. The van der Waals surface area contributed by atoms with Crippen LogP contribution in [-0.2, 0) is 32.8 Å². The first-order valence-corrected chi connectivity index (χ1v) is 22.5. The summed E-state index contributed by atoms with van der Waals surface area (Å²) < 4.78 is 72.9.